The van der Waals surface area contributed by atoms with E-state index in [0.29, 0.717) is 17.7 Å². The molecule has 0 saturated heterocycles. The maximum Gasteiger partial charge on any atom is 0.408 e. The molecule has 0 aliphatic carbocycles. The van der Waals surface area contributed by atoms with Gasteiger partial charge in [0, 0.05) is 11.7 Å². The van der Waals surface area contributed by atoms with Gasteiger partial charge in [-0.25, -0.2) is 4.79 Å². The molecule has 0 aliphatic heterocycles. The number of benzene rings is 3. The van der Waals surface area contributed by atoms with E-state index in [4.69, 9.17) is 11.2 Å². The van der Waals surface area contributed by atoms with Crippen LogP contribution in [-0.2, 0) is 14.3 Å². The van der Waals surface area contributed by atoms with Crippen molar-refractivity contribution in [1.29, 1.82) is 0 Å². The molecule has 0 aliphatic rings. The molecule has 0 aromatic heterocycles. The highest BCUT2D eigenvalue weighted by Crippen LogP contribution is 2.30. The molecule has 3 rings (SSSR count). The van der Waals surface area contributed by atoms with Crippen LogP contribution in [0.1, 0.15) is 63.8 Å². The summed E-state index contributed by atoms with van der Waals surface area (Å²) in [6, 6.07) is 19.4. The normalized spacial score (nSPS) is 13.4. The Bertz CT molecular complexity index is 1410. The van der Waals surface area contributed by atoms with Crippen molar-refractivity contribution in [2.45, 2.75) is 72.6 Å². The lowest BCUT2D eigenvalue weighted by Crippen LogP contribution is -2.53. The molecule has 7 heteroatoms. The third-order valence-corrected chi connectivity index (χ3v) is 6.87. The van der Waals surface area contributed by atoms with E-state index in [1.165, 1.54) is 0 Å². The molecule has 3 unspecified atom stereocenters. The van der Waals surface area contributed by atoms with Gasteiger partial charge in [0.25, 0.3) is 11.8 Å². The summed E-state index contributed by atoms with van der Waals surface area (Å²) < 4.78 is 5.42. The molecule has 0 heterocycles. The lowest BCUT2D eigenvalue weighted by molar-refractivity contribution is -0.137. The third kappa shape index (κ3) is 7.20. The van der Waals surface area contributed by atoms with Crippen molar-refractivity contribution in [2.75, 3.05) is 5.32 Å². The van der Waals surface area contributed by atoms with Gasteiger partial charge in [0.15, 0.2) is 0 Å². The Labute approximate surface area is 237 Å². The minimum Gasteiger partial charge on any atom is -0.444 e. The fourth-order valence-corrected chi connectivity index (χ4v) is 4.65. The molecule has 0 bridgehead atoms. The number of fused-ring (bicyclic) bond motifs is 1. The van der Waals surface area contributed by atoms with E-state index in [0.717, 1.165) is 26.8 Å². The maximum absolute atomic E-state index is 14.1. The predicted octanol–water partition coefficient (Wildman–Crippen LogP) is 6.50. The molecule has 3 atom stereocenters. The minimum atomic E-state index is -1.14. The van der Waals surface area contributed by atoms with Gasteiger partial charge in [-0.15, -0.1) is 0 Å². The number of hydrogen-bond acceptors (Lipinski definition) is 4. The van der Waals surface area contributed by atoms with Crippen molar-refractivity contribution < 1.29 is 19.1 Å². The third-order valence-electron chi connectivity index (χ3n) is 6.87. The van der Waals surface area contributed by atoms with Gasteiger partial charge >= 0.3 is 6.09 Å². The lowest BCUT2D eigenvalue weighted by atomic mass is 9.92. The molecule has 210 valence electrons. The first kappa shape index (κ1) is 30.2. The zero-order chi connectivity index (χ0) is 29.6. The predicted molar refractivity (Wildman–Crippen MR) is 160 cm³/mol. The number of amides is 3. The molecule has 0 fully saturated rings. The topological polar surface area (TPSA) is 87.7 Å². The van der Waals surface area contributed by atoms with Crippen molar-refractivity contribution in [3.05, 3.63) is 77.4 Å². The summed E-state index contributed by atoms with van der Waals surface area (Å²) >= 11 is 0. The Morgan fingerprint density at radius 1 is 0.975 bits per heavy atom. The van der Waals surface area contributed by atoms with Gasteiger partial charge in [0.1, 0.15) is 17.7 Å². The number of nitrogens with one attached hydrogen (secondary N) is 2. The second-order valence-corrected chi connectivity index (χ2v) is 11.1. The van der Waals surface area contributed by atoms with Gasteiger partial charge in [0.2, 0.25) is 0 Å². The van der Waals surface area contributed by atoms with Crippen molar-refractivity contribution in [3.63, 3.8) is 0 Å². The number of rotatable bonds is 8. The summed E-state index contributed by atoms with van der Waals surface area (Å²) in [5, 5.41) is 7.68. The molecule has 40 heavy (non-hydrogen) atoms. The van der Waals surface area contributed by atoms with Crippen LogP contribution in [0.15, 0.2) is 60.7 Å². The van der Waals surface area contributed by atoms with E-state index in [1.807, 2.05) is 88.4 Å². The monoisotopic (exact) mass is 541 g/mol. The van der Waals surface area contributed by atoms with Crippen LogP contribution in [0.25, 0.3) is 10.8 Å². The Hall–Kier alpha value is -4.31. The quantitative estimate of drug-likeness (QED) is 0.252. The van der Waals surface area contributed by atoms with E-state index in [2.05, 4.69) is 16.7 Å². The van der Waals surface area contributed by atoms with Gasteiger partial charge in [-0.05, 0) is 80.1 Å². The van der Waals surface area contributed by atoms with Crippen LogP contribution in [-0.4, -0.2) is 34.5 Å². The van der Waals surface area contributed by atoms with Crippen LogP contribution in [0.4, 0.5) is 10.5 Å². The molecule has 3 aromatic carbocycles. The summed E-state index contributed by atoms with van der Waals surface area (Å²) in [7, 11) is 0. The Balaban J connectivity index is 2.05. The van der Waals surface area contributed by atoms with Gasteiger partial charge in [-0.1, -0.05) is 75.2 Å². The first-order chi connectivity index (χ1) is 18.9. The Morgan fingerprint density at radius 2 is 1.60 bits per heavy atom. The standard InChI is InChI=1S/C33H39N3O4/c1-9-21(3)28(35-32(39)40-33(6,7)8)31(38)36(10-2)29(27-22(4)14-13-15-23(27)5)30(37)34-26-19-18-24-16-11-12-17-25(24)20-26/h2,11-21,28-29H,9H2,1,3-8H3,(H,34,37)(H,35,39). The van der Waals surface area contributed by atoms with E-state index in [-0.39, 0.29) is 5.92 Å². The average Bonchev–Trinajstić information content (AvgIpc) is 2.89. The van der Waals surface area contributed by atoms with Crippen LogP contribution >= 0.6 is 0 Å². The summed E-state index contributed by atoms with van der Waals surface area (Å²) in [5.41, 5.74) is 2.08. The van der Waals surface area contributed by atoms with Gasteiger partial charge in [-0.3, -0.25) is 14.5 Å². The van der Waals surface area contributed by atoms with E-state index in [9.17, 15) is 14.4 Å². The summed E-state index contributed by atoms with van der Waals surface area (Å²) in [5.74, 6) is -1.30. The zero-order valence-corrected chi connectivity index (χ0v) is 24.4. The number of hydrogen-bond donors (Lipinski definition) is 2. The summed E-state index contributed by atoms with van der Waals surface area (Å²) in [6.45, 7) is 12.7. The first-order valence-electron chi connectivity index (χ1n) is 13.5. The van der Waals surface area contributed by atoms with Crippen LogP contribution in [0, 0.1) is 32.2 Å². The molecule has 3 aromatic rings. The van der Waals surface area contributed by atoms with Gasteiger partial charge in [0.05, 0.1) is 0 Å². The van der Waals surface area contributed by atoms with E-state index < -0.39 is 35.6 Å². The van der Waals surface area contributed by atoms with Gasteiger partial charge < -0.3 is 15.4 Å². The minimum absolute atomic E-state index is 0.280. The van der Waals surface area contributed by atoms with E-state index >= 15 is 0 Å². The highest BCUT2D eigenvalue weighted by Gasteiger charge is 2.39. The van der Waals surface area contributed by atoms with Crippen LogP contribution in [0.2, 0.25) is 0 Å². The number of ether oxygens (including phenoxy) is 1. The summed E-state index contributed by atoms with van der Waals surface area (Å²) in [6.07, 6.45) is 5.82. The maximum atomic E-state index is 14.1. The highest BCUT2D eigenvalue weighted by atomic mass is 16.6. The molecule has 3 amide bonds. The van der Waals surface area contributed by atoms with Crippen LogP contribution < -0.4 is 10.6 Å². The van der Waals surface area contributed by atoms with Crippen LogP contribution in [0.3, 0.4) is 0 Å². The Kier molecular flexibility index (Phi) is 9.60. The lowest BCUT2D eigenvalue weighted by Gasteiger charge is -2.33. The average molecular weight is 542 g/mol. The summed E-state index contributed by atoms with van der Waals surface area (Å²) in [4.78, 5) is 41.9. The number of aryl methyl sites for hydroxylation is 2. The second kappa shape index (κ2) is 12.7. The molecular weight excluding hydrogens is 502 g/mol. The van der Waals surface area contributed by atoms with Crippen molar-refractivity contribution >= 4 is 34.4 Å². The van der Waals surface area contributed by atoms with Gasteiger partial charge in [-0.2, -0.15) is 0 Å². The number of anilines is 1. The number of alkyl carbamates (subject to hydrolysis) is 1. The molecular formula is C33H39N3O4. The van der Waals surface area contributed by atoms with Crippen molar-refractivity contribution in [2.24, 2.45) is 5.92 Å². The number of carbonyl (C=O) groups excluding carboxylic acids is 3. The van der Waals surface area contributed by atoms with Crippen LogP contribution in [0.5, 0.6) is 0 Å². The SMILES string of the molecule is C#CN(C(=O)C(NC(=O)OC(C)(C)C)C(C)CC)C(C(=O)Nc1ccc2ccccc2c1)c1c(C)cccc1C. The highest BCUT2D eigenvalue weighted by molar-refractivity contribution is 6.01. The fraction of sp³-hybridized carbons (Fsp3) is 0.364. The molecule has 0 spiro atoms. The molecule has 7 nitrogen and oxygen atoms in total. The Morgan fingerprint density at radius 3 is 2.17 bits per heavy atom. The smallest absolute Gasteiger partial charge is 0.408 e. The molecule has 2 N–H and O–H groups in total. The fourth-order valence-electron chi connectivity index (χ4n) is 4.65. The molecule has 0 radical (unpaired) electrons. The number of nitrogens with zero attached hydrogens (tertiary/aromatic N) is 1. The number of carbonyl (C=O) groups is 3. The van der Waals surface area contributed by atoms with Crippen molar-refractivity contribution in [3.8, 4) is 12.5 Å². The van der Waals surface area contributed by atoms with E-state index in [1.54, 1.807) is 20.8 Å². The second-order valence-electron chi connectivity index (χ2n) is 11.1. The largest absolute Gasteiger partial charge is 0.444 e. The number of terminal acetylenes is 1. The first-order valence-corrected chi connectivity index (χ1v) is 13.5. The molecule has 0 saturated carbocycles. The van der Waals surface area contributed by atoms with Crippen molar-refractivity contribution in [1.82, 2.24) is 10.2 Å². The zero-order valence-electron chi connectivity index (χ0n) is 24.4.